The third kappa shape index (κ3) is 3.91. The number of rotatable bonds is 3. The Balaban J connectivity index is 0.00000180. The highest BCUT2D eigenvalue weighted by atomic mass is 35.5. The van der Waals surface area contributed by atoms with Crippen molar-refractivity contribution in [3.63, 3.8) is 0 Å². The van der Waals surface area contributed by atoms with Crippen LogP contribution in [0, 0.1) is 5.41 Å². The number of hydrogen-bond donors (Lipinski definition) is 2. The molecule has 1 amide bonds. The quantitative estimate of drug-likeness (QED) is 0.860. The lowest BCUT2D eigenvalue weighted by Crippen LogP contribution is -2.52. The first kappa shape index (κ1) is 15.9. The Morgan fingerprint density at radius 3 is 2.95 bits per heavy atom. The van der Waals surface area contributed by atoms with Crippen molar-refractivity contribution in [2.24, 2.45) is 12.5 Å². The second kappa shape index (κ2) is 6.34. The lowest BCUT2D eigenvalue weighted by atomic mass is 9.77. The van der Waals surface area contributed by atoms with Crippen molar-refractivity contribution in [1.29, 1.82) is 0 Å². The number of nitrogens with one attached hydrogen (secondary N) is 2. The molecular formula is C12H22ClN5O. The fraction of sp³-hybridized carbons (Fsp3) is 0.750. The van der Waals surface area contributed by atoms with Crippen molar-refractivity contribution in [1.82, 2.24) is 25.6 Å². The number of aryl methyl sites for hydroxylation is 1. The minimum atomic E-state index is -0.161. The maximum absolute atomic E-state index is 11.9. The minimum absolute atomic E-state index is 0. The molecule has 1 atom stereocenters. The molecule has 1 fully saturated rings. The zero-order valence-corrected chi connectivity index (χ0v) is 12.5. The Bertz CT molecular complexity index is 432. The summed E-state index contributed by atoms with van der Waals surface area (Å²) in [5.74, 6) is -0.161. The Kier molecular flexibility index (Phi) is 5.31. The lowest BCUT2D eigenvalue weighted by Gasteiger charge is -2.39. The molecule has 1 saturated heterocycles. The van der Waals surface area contributed by atoms with E-state index in [0.29, 0.717) is 18.3 Å². The van der Waals surface area contributed by atoms with Gasteiger partial charge in [-0.2, -0.15) is 0 Å². The number of carbonyl (C=O) groups excluding carboxylic acids is 1. The van der Waals surface area contributed by atoms with Gasteiger partial charge in [0.25, 0.3) is 5.91 Å². The van der Waals surface area contributed by atoms with Crippen LogP contribution in [0.2, 0.25) is 0 Å². The summed E-state index contributed by atoms with van der Waals surface area (Å²) in [7, 11) is 1.75. The number of aromatic nitrogens is 3. The molecule has 0 saturated carbocycles. The molecule has 1 aromatic rings. The highest BCUT2D eigenvalue weighted by molar-refractivity contribution is 5.91. The molecule has 7 heteroatoms. The van der Waals surface area contributed by atoms with Gasteiger partial charge in [-0.1, -0.05) is 19.1 Å². The molecule has 0 radical (unpaired) electrons. The van der Waals surface area contributed by atoms with E-state index in [1.54, 1.807) is 13.2 Å². The van der Waals surface area contributed by atoms with Gasteiger partial charge >= 0.3 is 0 Å². The largest absolute Gasteiger partial charge is 0.349 e. The molecule has 0 spiro atoms. The summed E-state index contributed by atoms with van der Waals surface area (Å²) in [6.45, 7) is 6.12. The minimum Gasteiger partial charge on any atom is -0.349 e. The summed E-state index contributed by atoms with van der Waals surface area (Å²) >= 11 is 0. The number of piperidine rings is 1. The van der Waals surface area contributed by atoms with E-state index in [-0.39, 0.29) is 23.7 Å². The second-order valence-electron chi connectivity index (χ2n) is 5.59. The van der Waals surface area contributed by atoms with E-state index in [2.05, 4.69) is 34.8 Å². The smallest absolute Gasteiger partial charge is 0.273 e. The van der Waals surface area contributed by atoms with Crippen LogP contribution in [0.3, 0.4) is 0 Å². The van der Waals surface area contributed by atoms with Crippen LogP contribution in [0.25, 0.3) is 0 Å². The number of carbonyl (C=O) groups is 1. The normalized spacial score (nSPS) is 21.5. The molecule has 2 N–H and O–H groups in total. The first-order valence-corrected chi connectivity index (χ1v) is 6.37. The molecule has 1 aromatic heterocycles. The monoisotopic (exact) mass is 287 g/mol. The molecule has 108 valence electrons. The average molecular weight is 288 g/mol. The third-order valence-electron chi connectivity index (χ3n) is 3.63. The molecule has 19 heavy (non-hydrogen) atoms. The zero-order valence-electron chi connectivity index (χ0n) is 11.6. The Morgan fingerprint density at radius 2 is 2.37 bits per heavy atom. The van der Waals surface area contributed by atoms with Gasteiger partial charge in [-0.05, 0) is 24.8 Å². The van der Waals surface area contributed by atoms with Gasteiger partial charge in [-0.15, -0.1) is 17.5 Å². The number of hydrogen-bond acceptors (Lipinski definition) is 4. The van der Waals surface area contributed by atoms with Crippen LogP contribution in [0.5, 0.6) is 0 Å². The van der Waals surface area contributed by atoms with Crippen LogP contribution in [0.15, 0.2) is 6.20 Å². The Hall–Kier alpha value is -1.14. The van der Waals surface area contributed by atoms with Crippen molar-refractivity contribution in [3.8, 4) is 0 Å². The van der Waals surface area contributed by atoms with Gasteiger partial charge in [0.1, 0.15) is 0 Å². The Morgan fingerprint density at radius 1 is 1.63 bits per heavy atom. The van der Waals surface area contributed by atoms with Gasteiger partial charge in [0.15, 0.2) is 5.69 Å². The highest BCUT2D eigenvalue weighted by Crippen LogP contribution is 2.29. The van der Waals surface area contributed by atoms with E-state index < -0.39 is 0 Å². The number of amides is 1. The van der Waals surface area contributed by atoms with E-state index in [9.17, 15) is 4.79 Å². The van der Waals surface area contributed by atoms with E-state index >= 15 is 0 Å². The summed E-state index contributed by atoms with van der Waals surface area (Å²) in [4.78, 5) is 11.9. The summed E-state index contributed by atoms with van der Waals surface area (Å²) in [6, 6.07) is 0.312. The predicted molar refractivity (Wildman–Crippen MR) is 75.4 cm³/mol. The van der Waals surface area contributed by atoms with Crippen molar-refractivity contribution in [3.05, 3.63) is 11.9 Å². The van der Waals surface area contributed by atoms with E-state index in [1.807, 2.05) is 0 Å². The molecule has 6 nitrogen and oxygen atoms in total. The second-order valence-corrected chi connectivity index (χ2v) is 5.59. The maximum Gasteiger partial charge on any atom is 0.273 e. The van der Waals surface area contributed by atoms with Crippen molar-refractivity contribution in [2.75, 3.05) is 13.1 Å². The molecule has 1 aliphatic rings. The van der Waals surface area contributed by atoms with Gasteiger partial charge in [-0.25, -0.2) is 0 Å². The van der Waals surface area contributed by atoms with Crippen LogP contribution in [-0.4, -0.2) is 40.0 Å². The SMILES string of the molecule is Cl.Cn1cc(C(=O)NCC2NCCCC2(C)C)nn1. The fourth-order valence-corrected chi connectivity index (χ4v) is 2.36. The van der Waals surface area contributed by atoms with E-state index in [4.69, 9.17) is 0 Å². The summed E-state index contributed by atoms with van der Waals surface area (Å²) in [5.41, 5.74) is 0.583. The molecule has 2 heterocycles. The van der Waals surface area contributed by atoms with Gasteiger partial charge in [0.2, 0.25) is 0 Å². The van der Waals surface area contributed by atoms with Gasteiger partial charge < -0.3 is 10.6 Å². The topological polar surface area (TPSA) is 71.8 Å². The summed E-state index contributed by atoms with van der Waals surface area (Å²) in [6.07, 6.45) is 4.00. The van der Waals surface area contributed by atoms with Crippen LogP contribution >= 0.6 is 12.4 Å². The molecule has 1 unspecified atom stereocenters. The lowest BCUT2D eigenvalue weighted by molar-refractivity contribution is 0.0924. The first-order valence-electron chi connectivity index (χ1n) is 6.37. The third-order valence-corrected chi connectivity index (χ3v) is 3.63. The van der Waals surface area contributed by atoms with Crippen LogP contribution in [-0.2, 0) is 7.05 Å². The zero-order chi connectivity index (χ0) is 13.2. The van der Waals surface area contributed by atoms with E-state index in [1.165, 1.54) is 17.5 Å². The fourth-order valence-electron chi connectivity index (χ4n) is 2.36. The van der Waals surface area contributed by atoms with Gasteiger partial charge in [0, 0.05) is 19.6 Å². The average Bonchev–Trinajstić information content (AvgIpc) is 2.73. The van der Waals surface area contributed by atoms with Crippen LogP contribution in [0.1, 0.15) is 37.2 Å². The molecule has 0 aliphatic carbocycles. The first-order chi connectivity index (χ1) is 8.49. The van der Waals surface area contributed by atoms with Crippen molar-refractivity contribution in [2.45, 2.75) is 32.7 Å². The molecular weight excluding hydrogens is 266 g/mol. The van der Waals surface area contributed by atoms with Crippen molar-refractivity contribution >= 4 is 18.3 Å². The molecule has 1 aliphatic heterocycles. The molecule has 2 rings (SSSR count). The molecule has 0 bridgehead atoms. The summed E-state index contributed by atoms with van der Waals surface area (Å²) in [5, 5.41) is 13.9. The maximum atomic E-state index is 11.9. The van der Waals surface area contributed by atoms with Crippen LogP contribution < -0.4 is 10.6 Å². The van der Waals surface area contributed by atoms with Gasteiger partial charge in [-0.3, -0.25) is 9.48 Å². The standard InChI is InChI=1S/C12H21N5O.ClH/c1-12(2)5-4-6-13-10(12)7-14-11(18)9-8-17(3)16-15-9;/h8,10,13H,4-7H2,1-3H3,(H,14,18);1H. The number of nitrogens with zero attached hydrogens (tertiary/aromatic N) is 3. The highest BCUT2D eigenvalue weighted by Gasteiger charge is 2.32. The van der Waals surface area contributed by atoms with E-state index in [0.717, 1.165) is 6.54 Å². The Labute approximate surface area is 119 Å². The van der Waals surface area contributed by atoms with Crippen LogP contribution in [0.4, 0.5) is 0 Å². The number of halogens is 1. The predicted octanol–water partition coefficient (Wildman–Crippen LogP) is 0.745. The van der Waals surface area contributed by atoms with Gasteiger partial charge in [0.05, 0.1) is 6.20 Å². The summed E-state index contributed by atoms with van der Waals surface area (Å²) < 4.78 is 1.53. The van der Waals surface area contributed by atoms with Crippen molar-refractivity contribution < 1.29 is 4.79 Å². The molecule has 0 aromatic carbocycles.